The van der Waals surface area contributed by atoms with Gasteiger partial charge in [-0.15, -0.1) is 0 Å². The molecule has 0 unspecified atom stereocenters. The Labute approximate surface area is 143 Å². The second-order valence-electron chi connectivity index (χ2n) is 4.95. The van der Waals surface area contributed by atoms with Crippen molar-refractivity contribution >= 4 is 34.8 Å². The number of rotatable bonds is 7. The molecule has 6 nitrogen and oxygen atoms in total. The normalized spacial score (nSPS) is 10.0. The van der Waals surface area contributed by atoms with Crippen LogP contribution in [-0.4, -0.2) is 31.4 Å². The maximum atomic E-state index is 12.3. The number of carbonyl (C=O) groups excluding carboxylic acids is 3. The third-order valence-corrected chi connectivity index (χ3v) is 3.96. The summed E-state index contributed by atoms with van der Waals surface area (Å²) in [4.78, 5) is 35.4. The Balaban J connectivity index is 1.96. The van der Waals surface area contributed by atoms with E-state index < -0.39 is 0 Å². The molecule has 0 aliphatic heterocycles. The number of esters is 1. The van der Waals surface area contributed by atoms with E-state index in [1.165, 1.54) is 18.4 Å². The van der Waals surface area contributed by atoms with Crippen LogP contribution in [0.1, 0.15) is 33.6 Å². The molecular weight excluding hydrogens is 328 g/mol. The molecule has 0 atom stereocenters. The largest absolute Gasteiger partial charge is 0.469 e. The van der Waals surface area contributed by atoms with Gasteiger partial charge >= 0.3 is 5.97 Å². The SMILES string of the molecule is COC(=O)CCCNC(=O)c1ccccc1NC(=O)c1ccsc1. The van der Waals surface area contributed by atoms with Crippen LogP contribution in [-0.2, 0) is 9.53 Å². The molecule has 126 valence electrons. The summed E-state index contributed by atoms with van der Waals surface area (Å²) in [6.07, 6.45) is 0.731. The minimum absolute atomic E-state index is 0.243. The van der Waals surface area contributed by atoms with Crippen molar-refractivity contribution in [3.63, 3.8) is 0 Å². The van der Waals surface area contributed by atoms with Crippen molar-refractivity contribution in [3.8, 4) is 0 Å². The maximum Gasteiger partial charge on any atom is 0.305 e. The molecule has 0 aliphatic rings. The van der Waals surface area contributed by atoms with E-state index in [-0.39, 0.29) is 24.2 Å². The lowest BCUT2D eigenvalue weighted by Gasteiger charge is -2.11. The van der Waals surface area contributed by atoms with Crippen molar-refractivity contribution < 1.29 is 19.1 Å². The van der Waals surface area contributed by atoms with Gasteiger partial charge in [-0.05, 0) is 30.0 Å². The molecule has 0 bridgehead atoms. The fourth-order valence-electron chi connectivity index (χ4n) is 2.01. The lowest BCUT2D eigenvalue weighted by atomic mass is 10.1. The molecule has 0 saturated carbocycles. The van der Waals surface area contributed by atoms with Gasteiger partial charge in [0.25, 0.3) is 11.8 Å². The zero-order chi connectivity index (χ0) is 17.4. The van der Waals surface area contributed by atoms with Crippen LogP contribution in [0, 0.1) is 0 Å². The van der Waals surface area contributed by atoms with Crippen LogP contribution >= 0.6 is 11.3 Å². The van der Waals surface area contributed by atoms with Gasteiger partial charge in [-0.25, -0.2) is 0 Å². The molecule has 2 N–H and O–H groups in total. The average Bonchev–Trinajstić information content (AvgIpc) is 3.13. The van der Waals surface area contributed by atoms with Crippen LogP contribution in [0.25, 0.3) is 0 Å². The Morgan fingerprint density at radius 3 is 2.62 bits per heavy atom. The molecular formula is C17H18N2O4S. The smallest absolute Gasteiger partial charge is 0.305 e. The molecule has 24 heavy (non-hydrogen) atoms. The first kappa shape index (κ1) is 17.7. The van der Waals surface area contributed by atoms with E-state index in [1.54, 1.807) is 35.7 Å². The number of anilines is 1. The molecule has 7 heteroatoms. The highest BCUT2D eigenvalue weighted by Gasteiger charge is 2.14. The van der Waals surface area contributed by atoms with Crippen LogP contribution in [0.15, 0.2) is 41.1 Å². The van der Waals surface area contributed by atoms with Gasteiger partial charge in [0.15, 0.2) is 0 Å². The summed E-state index contributed by atoms with van der Waals surface area (Å²) >= 11 is 1.43. The number of methoxy groups -OCH3 is 1. The van der Waals surface area contributed by atoms with Crippen LogP contribution in [0.4, 0.5) is 5.69 Å². The Bertz CT molecular complexity index is 713. The number of benzene rings is 1. The molecule has 1 heterocycles. The van der Waals surface area contributed by atoms with Gasteiger partial charge in [0.2, 0.25) is 0 Å². The van der Waals surface area contributed by atoms with Crippen LogP contribution in [0.5, 0.6) is 0 Å². The van der Waals surface area contributed by atoms with Gasteiger partial charge < -0.3 is 15.4 Å². The van der Waals surface area contributed by atoms with E-state index in [4.69, 9.17) is 0 Å². The zero-order valence-corrected chi connectivity index (χ0v) is 14.0. The van der Waals surface area contributed by atoms with Crippen molar-refractivity contribution in [1.82, 2.24) is 5.32 Å². The minimum atomic E-state index is -0.312. The summed E-state index contributed by atoms with van der Waals surface area (Å²) in [7, 11) is 1.33. The topological polar surface area (TPSA) is 84.5 Å². The van der Waals surface area contributed by atoms with Crippen molar-refractivity contribution in [2.75, 3.05) is 19.0 Å². The van der Waals surface area contributed by atoms with E-state index in [1.807, 2.05) is 5.38 Å². The minimum Gasteiger partial charge on any atom is -0.469 e. The van der Waals surface area contributed by atoms with E-state index in [0.29, 0.717) is 29.8 Å². The summed E-state index contributed by atoms with van der Waals surface area (Å²) < 4.78 is 4.54. The molecule has 1 aromatic heterocycles. The monoisotopic (exact) mass is 346 g/mol. The van der Waals surface area contributed by atoms with Gasteiger partial charge in [0.1, 0.15) is 0 Å². The Morgan fingerprint density at radius 1 is 1.12 bits per heavy atom. The predicted molar refractivity (Wildman–Crippen MR) is 92.3 cm³/mol. The number of hydrogen-bond donors (Lipinski definition) is 2. The molecule has 0 fully saturated rings. The summed E-state index contributed by atoms with van der Waals surface area (Å²) in [5, 5.41) is 9.03. The van der Waals surface area contributed by atoms with Crippen molar-refractivity contribution in [3.05, 3.63) is 52.2 Å². The van der Waals surface area contributed by atoms with Gasteiger partial charge in [0.05, 0.1) is 23.9 Å². The summed E-state index contributed by atoms with van der Waals surface area (Å²) in [5.74, 6) is -0.879. The van der Waals surface area contributed by atoms with E-state index >= 15 is 0 Å². The quantitative estimate of drug-likeness (QED) is 0.596. The number of amides is 2. The van der Waals surface area contributed by atoms with E-state index in [9.17, 15) is 14.4 Å². The fourth-order valence-corrected chi connectivity index (χ4v) is 2.65. The van der Waals surface area contributed by atoms with Crippen molar-refractivity contribution in [1.29, 1.82) is 0 Å². The van der Waals surface area contributed by atoms with Gasteiger partial charge in [-0.2, -0.15) is 11.3 Å². The highest BCUT2D eigenvalue weighted by molar-refractivity contribution is 7.08. The average molecular weight is 346 g/mol. The van der Waals surface area contributed by atoms with E-state index in [0.717, 1.165) is 0 Å². The standard InChI is InChI=1S/C17H18N2O4S/c1-23-15(20)7-4-9-18-17(22)13-5-2-3-6-14(13)19-16(21)12-8-10-24-11-12/h2-3,5-6,8,10-11H,4,7,9H2,1H3,(H,18,22)(H,19,21). The van der Waals surface area contributed by atoms with E-state index in [2.05, 4.69) is 15.4 Å². The highest BCUT2D eigenvalue weighted by Crippen LogP contribution is 2.17. The third-order valence-electron chi connectivity index (χ3n) is 3.27. The first-order valence-electron chi connectivity index (χ1n) is 7.39. The number of carbonyl (C=O) groups is 3. The summed E-state index contributed by atoms with van der Waals surface area (Å²) in [5.41, 5.74) is 1.37. The number of hydrogen-bond acceptors (Lipinski definition) is 5. The molecule has 0 saturated heterocycles. The number of nitrogens with one attached hydrogen (secondary N) is 2. The first-order chi connectivity index (χ1) is 11.6. The number of ether oxygens (including phenoxy) is 1. The Kier molecular flexibility index (Phi) is 6.51. The molecule has 2 amide bonds. The van der Waals surface area contributed by atoms with Crippen LogP contribution < -0.4 is 10.6 Å². The number of para-hydroxylation sites is 1. The Morgan fingerprint density at radius 2 is 1.92 bits per heavy atom. The molecule has 0 spiro atoms. The molecule has 1 aromatic carbocycles. The molecule has 0 aliphatic carbocycles. The van der Waals surface area contributed by atoms with Gasteiger partial charge in [-0.1, -0.05) is 12.1 Å². The summed E-state index contributed by atoms with van der Waals surface area (Å²) in [6.45, 7) is 0.348. The molecule has 0 radical (unpaired) electrons. The third kappa shape index (κ3) is 4.92. The Hall–Kier alpha value is -2.67. The second-order valence-corrected chi connectivity index (χ2v) is 5.73. The summed E-state index contributed by atoms with van der Waals surface area (Å²) in [6, 6.07) is 8.50. The number of thiophene rings is 1. The van der Waals surface area contributed by atoms with Crippen LogP contribution in [0.3, 0.4) is 0 Å². The van der Waals surface area contributed by atoms with Gasteiger partial charge in [0, 0.05) is 18.3 Å². The first-order valence-corrected chi connectivity index (χ1v) is 8.33. The van der Waals surface area contributed by atoms with Crippen molar-refractivity contribution in [2.45, 2.75) is 12.8 Å². The lowest BCUT2D eigenvalue weighted by Crippen LogP contribution is -2.26. The molecule has 2 aromatic rings. The van der Waals surface area contributed by atoms with Crippen molar-refractivity contribution in [2.24, 2.45) is 0 Å². The lowest BCUT2D eigenvalue weighted by molar-refractivity contribution is -0.140. The maximum absolute atomic E-state index is 12.3. The highest BCUT2D eigenvalue weighted by atomic mass is 32.1. The van der Waals surface area contributed by atoms with Gasteiger partial charge in [-0.3, -0.25) is 14.4 Å². The zero-order valence-electron chi connectivity index (χ0n) is 13.2. The molecule has 2 rings (SSSR count). The predicted octanol–water partition coefficient (Wildman–Crippen LogP) is 2.68. The second kappa shape index (κ2) is 8.83. The van der Waals surface area contributed by atoms with Crippen LogP contribution in [0.2, 0.25) is 0 Å². The fraction of sp³-hybridized carbons (Fsp3) is 0.235.